The van der Waals surface area contributed by atoms with Gasteiger partial charge in [0.2, 0.25) is 0 Å². The third kappa shape index (κ3) is 3.29. The Balaban J connectivity index is 2.15. The van der Waals surface area contributed by atoms with E-state index in [1.165, 1.54) is 0 Å². The zero-order valence-electron chi connectivity index (χ0n) is 10.5. The first-order valence-corrected chi connectivity index (χ1v) is 7.13. The van der Waals surface area contributed by atoms with Gasteiger partial charge >= 0.3 is 0 Å². The normalized spacial score (nSPS) is 21.0. The summed E-state index contributed by atoms with van der Waals surface area (Å²) in [7, 11) is 0. The number of aryl methyl sites for hydroxylation is 1. The van der Waals surface area contributed by atoms with Crippen LogP contribution in [0.3, 0.4) is 0 Å². The molecule has 4 heteroatoms. The van der Waals surface area contributed by atoms with Crippen molar-refractivity contribution in [2.24, 2.45) is 5.92 Å². The first kappa shape index (κ1) is 13.9. The first-order chi connectivity index (χ1) is 8.49. The largest absolute Gasteiger partial charge is 0.316 e. The predicted octanol–water partition coefficient (Wildman–Crippen LogP) is 4.24. The molecule has 1 unspecified atom stereocenters. The highest BCUT2D eigenvalue weighted by Gasteiger charge is 2.36. The van der Waals surface area contributed by atoms with Gasteiger partial charge in [-0.1, -0.05) is 22.0 Å². The van der Waals surface area contributed by atoms with Crippen LogP contribution in [0, 0.1) is 12.8 Å². The van der Waals surface area contributed by atoms with Crippen LogP contribution in [-0.4, -0.2) is 13.1 Å². The topological polar surface area (TPSA) is 12.0 Å². The quantitative estimate of drug-likeness (QED) is 0.879. The Hall–Kier alpha value is -0.480. The summed E-state index contributed by atoms with van der Waals surface area (Å²) < 4.78 is 29.4. The van der Waals surface area contributed by atoms with Crippen LogP contribution in [0.25, 0.3) is 0 Å². The lowest BCUT2D eigenvalue weighted by atomic mass is 9.89. The highest BCUT2D eigenvalue weighted by Crippen LogP contribution is 2.39. The molecule has 0 aliphatic carbocycles. The van der Waals surface area contributed by atoms with Crippen molar-refractivity contribution in [2.45, 2.75) is 32.1 Å². The lowest BCUT2D eigenvalue weighted by Crippen LogP contribution is -2.33. The number of hydrogen-bond donors (Lipinski definition) is 1. The highest BCUT2D eigenvalue weighted by molar-refractivity contribution is 9.10. The lowest BCUT2D eigenvalue weighted by molar-refractivity contribution is -0.0323. The van der Waals surface area contributed by atoms with Gasteiger partial charge in [-0.05, 0) is 56.5 Å². The molecule has 1 saturated heterocycles. The monoisotopic (exact) mass is 317 g/mol. The Morgan fingerprint density at radius 3 is 2.89 bits per heavy atom. The van der Waals surface area contributed by atoms with E-state index in [2.05, 4.69) is 21.2 Å². The summed E-state index contributed by atoms with van der Waals surface area (Å²) in [5.74, 6) is -2.66. The molecule has 0 amide bonds. The molecule has 1 aromatic carbocycles. The number of hydrogen-bond acceptors (Lipinski definition) is 1. The second-order valence-electron chi connectivity index (χ2n) is 5.08. The molecule has 2 rings (SSSR count). The fourth-order valence-electron chi connectivity index (χ4n) is 2.56. The van der Waals surface area contributed by atoms with Gasteiger partial charge in [-0.3, -0.25) is 0 Å². The van der Waals surface area contributed by atoms with Crippen molar-refractivity contribution in [3.05, 3.63) is 33.8 Å². The standard InChI is InChI=1S/C14H18BrF2N/c1-10-4-5-12(15)7-13(10)14(16,17)8-11-3-2-6-18-9-11/h4-5,7,11,18H,2-3,6,8-9H2,1H3. The molecule has 1 heterocycles. The minimum Gasteiger partial charge on any atom is -0.316 e. The Bertz CT molecular complexity index is 414. The summed E-state index contributed by atoms with van der Waals surface area (Å²) in [6.07, 6.45) is 1.84. The molecular weight excluding hydrogens is 300 g/mol. The van der Waals surface area contributed by atoms with Gasteiger partial charge < -0.3 is 5.32 Å². The summed E-state index contributed by atoms with van der Waals surface area (Å²) in [4.78, 5) is 0. The zero-order chi connectivity index (χ0) is 13.2. The Labute approximate surface area is 115 Å². The fraction of sp³-hybridized carbons (Fsp3) is 0.571. The molecule has 1 aliphatic heterocycles. The van der Waals surface area contributed by atoms with E-state index in [-0.39, 0.29) is 17.9 Å². The van der Waals surface area contributed by atoms with Crippen molar-refractivity contribution in [3.8, 4) is 0 Å². The second-order valence-corrected chi connectivity index (χ2v) is 6.00. The fourth-order valence-corrected chi connectivity index (χ4v) is 2.92. The van der Waals surface area contributed by atoms with E-state index in [9.17, 15) is 8.78 Å². The minimum atomic E-state index is -2.74. The molecule has 1 nitrogen and oxygen atoms in total. The van der Waals surface area contributed by atoms with E-state index in [4.69, 9.17) is 0 Å². The Morgan fingerprint density at radius 1 is 1.44 bits per heavy atom. The van der Waals surface area contributed by atoms with Crippen LogP contribution < -0.4 is 5.32 Å². The minimum absolute atomic E-state index is 0.0582. The van der Waals surface area contributed by atoms with Crippen molar-refractivity contribution in [1.82, 2.24) is 5.32 Å². The zero-order valence-corrected chi connectivity index (χ0v) is 12.1. The van der Waals surface area contributed by atoms with Crippen LogP contribution in [0.15, 0.2) is 22.7 Å². The van der Waals surface area contributed by atoms with E-state index in [0.29, 0.717) is 16.6 Å². The van der Waals surface area contributed by atoms with Crippen LogP contribution in [-0.2, 0) is 5.92 Å². The molecule has 1 aliphatic rings. The summed E-state index contributed by atoms with van der Waals surface area (Å²) in [6.45, 7) is 3.41. The maximum absolute atomic E-state index is 14.3. The molecule has 1 N–H and O–H groups in total. The smallest absolute Gasteiger partial charge is 0.273 e. The van der Waals surface area contributed by atoms with Crippen LogP contribution >= 0.6 is 15.9 Å². The molecular formula is C14H18BrF2N. The van der Waals surface area contributed by atoms with Gasteiger partial charge in [-0.15, -0.1) is 0 Å². The molecule has 1 atom stereocenters. The number of alkyl halides is 2. The van der Waals surface area contributed by atoms with Crippen molar-refractivity contribution in [1.29, 1.82) is 0 Å². The maximum Gasteiger partial charge on any atom is 0.273 e. The van der Waals surface area contributed by atoms with E-state index in [1.54, 1.807) is 25.1 Å². The molecule has 0 radical (unpaired) electrons. The van der Waals surface area contributed by atoms with Crippen LogP contribution in [0.4, 0.5) is 8.78 Å². The molecule has 1 fully saturated rings. The van der Waals surface area contributed by atoms with E-state index in [1.807, 2.05) is 0 Å². The predicted molar refractivity (Wildman–Crippen MR) is 73.0 cm³/mol. The molecule has 0 aromatic heterocycles. The molecule has 0 spiro atoms. The third-order valence-electron chi connectivity index (χ3n) is 3.54. The van der Waals surface area contributed by atoms with E-state index >= 15 is 0 Å². The SMILES string of the molecule is Cc1ccc(Br)cc1C(F)(F)CC1CCCNC1. The lowest BCUT2D eigenvalue weighted by Gasteiger charge is -2.28. The van der Waals surface area contributed by atoms with Crippen LogP contribution in [0.1, 0.15) is 30.4 Å². The number of rotatable bonds is 3. The number of halogens is 3. The molecule has 1 aromatic rings. The third-order valence-corrected chi connectivity index (χ3v) is 4.03. The second kappa shape index (κ2) is 5.66. The molecule has 0 bridgehead atoms. The summed E-state index contributed by atoms with van der Waals surface area (Å²) in [6, 6.07) is 5.09. The van der Waals surface area contributed by atoms with Gasteiger partial charge in [0.15, 0.2) is 0 Å². The average Bonchev–Trinajstić information content (AvgIpc) is 2.33. The number of benzene rings is 1. The van der Waals surface area contributed by atoms with E-state index < -0.39 is 5.92 Å². The number of nitrogens with one attached hydrogen (secondary N) is 1. The van der Waals surface area contributed by atoms with Gasteiger partial charge in [0.25, 0.3) is 5.92 Å². The van der Waals surface area contributed by atoms with Crippen LogP contribution in [0.5, 0.6) is 0 Å². The van der Waals surface area contributed by atoms with Crippen molar-refractivity contribution in [2.75, 3.05) is 13.1 Å². The summed E-state index contributed by atoms with van der Waals surface area (Å²) in [5.41, 5.74) is 0.814. The Kier molecular flexibility index (Phi) is 4.38. The summed E-state index contributed by atoms with van der Waals surface area (Å²) >= 11 is 3.27. The van der Waals surface area contributed by atoms with Gasteiger partial charge in [-0.25, -0.2) is 8.78 Å². The van der Waals surface area contributed by atoms with Crippen molar-refractivity contribution < 1.29 is 8.78 Å². The number of piperidine rings is 1. The molecule has 18 heavy (non-hydrogen) atoms. The highest BCUT2D eigenvalue weighted by atomic mass is 79.9. The van der Waals surface area contributed by atoms with Crippen molar-refractivity contribution >= 4 is 15.9 Å². The van der Waals surface area contributed by atoms with Gasteiger partial charge in [0, 0.05) is 16.5 Å². The average molecular weight is 318 g/mol. The molecule has 100 valence electrons. The van der Waals surface area contributed by atoms with Gasteiger partial charge in [0.05, 0.1) is 0 Å². The molecule has 0 saturated carbocycles. The van der Waals surface area contributed by atoms with Crippen molar-refractivity contribution in [3.63, 3.8) is 0 Å². The van der Waals surface area contributed by atoms with Gasteiger partial charge in [0.1, 0.15) is 0 Å². The Morgan fingerprint density at radius 2 is 2.22 bits per heavy atom. The maximum atomic E-state index is 14.3. The van der Waals surface area contributed by atoms with Gasteiger partial charge in [-0.2, -0.15) is 0 Å². The summed E-state index contributed by atoms with van der Waals surface area (Å²) in [5, 5.41) is 3.19. The van der Waals surface area contributed by atoms with Crippen LogP contribution in [0.2, 0.25) is 0 Å². The van der Waals surface area contributed by atoms with E-state index in [0.717, 1.165) is 19.4 Å². The first-order valence-electron chi connectivity index (χ1n) is 6.34.